The van der Waals surface area contributed by atoms with Crippen molar-refractivity contribution in [2.24, 2.45) is 4.99 Å². The number of amides is 1. The Morgan fingerprint density at radius 2 is 1.94 bits per heavy atom. The summed E-state index contributed by atoms with van der Waals surface area (Å²) >= 11 is 7.17. The minimum absolute atomic E-state index is 0.150. The predicted molar refractivity (Wildman–Crippen MR) is 115 cm³/mol. The number of rotatable bonds is 7. The van der Waals surface area contributed by atoms with Crippen molar-refractivity contribution < 1.29 is 28.5 Å². The number of carbonyl (C=O) groups is 2. The number of benzene rings is 2. The maximum atomic E-state index is 12.5. The van der Waals surface area contributed by atoms with Crippen molar-refractivity contribution in [3.8, 4) is 17.2 Å². The largest absolute Gasteiger partial charge is 0.484 e. The van der Waals surface area contributed by atoms with Crippen molar-refractivity contribution >= 4 is 45.0 Å². The zero-order valence-electron chi connectivity index (χ0n) is 16.6. The van der Waals surface area contributed by atoms with E-state index in [1.807, 2.05) is 12.1 Å². The zero-order valence-corrected chi connectivity index (χ0v) is 18.2. The molecule has 0 atom stereocenters. The first-order chi connectivity index (χ1) is 15.0. The third-order valence-corrected chi connectivity index (χ3v) is 5.71. The molecular weight excluding hydrogens is 444 g/mol. The van der Waals surface area contributed by atoms with Crippen LogP contribution in [0.25, 0.3) is 10.2 Å². The van der Waals surface area contributed by atoms with Gasteiger partial charge in [0.05, 0.1) is 23.2 Å². The van der Waals surface area contributed by atoms with Crippen LogP contribution in [0.15, 0.2) is 41.4 Å². The molecule has 10 heteroatoms. The van der Waals surface area contributed by atoms with E-state index in [0.717, 1.165) is 10.2 Å². The van der Waals surface area contributed by atoms with Crippen molar-refractivity contribution in [2.45, 2.75) is 19.9 Å². The highest BCUT2D eigenvalue weighted by Gasteiger charge is 2.18. The first kappa shape index (κ1) is 21.2. The highest BCUT2D eigenvalue weighted by molar-refractivity contribution is 7.16. The molecule has 0 saturated carbocycles. The van der Waals surface area contributed by atoms with Gasteiger partial charge in [0.15, 0.2) is 22.9 Å². The molecule has 0 unspecified atom stereocenters. The second-order valence-corrected chi connectivity index (χ2v) is 7.96. The molecule has 1 amide bonds. The smallest absolute Gasteiger partial charge is 0.307 e. The summed E-state index contributed by atoms with van der Waals surface area (Å²) in [5.41, 5.74) is 0.795. The Balaban J connectivity index is 1.61. The molecule has 0 aliphatic carbocycles. The number of fused-ring (bicyclic) bond motifs is 2. The summed E-state index contributed by atoms with van der Waals surface area (Å²) in [5, 5.41) is 0.580. The second-order valence-electron chi connectivity index (χ2n) is 6.51. The van der Waals surface area contributed by atoms with Crippen LogP contribution < -0.4 is 19.0 Å². The molecule has 1 aliphatic rings. The fourth-order valence-electron chi connectivity index (χ4n) is 3.01. The van der Waals surface area contributed by atoms with Crippen LogP contribution in [-0.4, -0.2) is 36.5 Å². The number of esters is 1. The number of hydrogen-bond acceptors (Lipinski definition) is 7. The molecule has 0 bridgehead atoms. The van der Waals surface area contributed by atoms with E-state index < -0.39 is 5.91 Å². The van der Waals surface area contributed by atoms with Gasteiger partial charge in [0.2, 0.25) is 6.79 Å². The molecular formula is C21H19ClN2O6S. The van der Waals surface area contributed by atoms with Crippen LogP contribution in [0.4, 0.5) is 0 Å². The lowest BCUT2D eigenvalue weighted by molar-refractivity contribution is -0.143. The van der Waals surface area contributed by atoms with Crippen molar-refractivity contribution in [3.63, 3.8) is 0 Å². The van der Waals surface area contributed by atoms with Gasteiger partial charge in [-0.15, -0.1) is 0 Å². The fourth-order valence-corrected chi connectivity index (χ4v) is 4.22. The van der Waals surface area contributed by atoms with Crippen molar-refractivity contribution in [3.05, 3.63) is 46.2 Å². The van der Waals surface area contributed by atoms with Crippen molar-refractivity contribution in [1.82, 2.24) is 4.57 Å². The molecule has 0 fully saturated rings. The number of thiazole rings is 1. The minimum Gasteiger partial charge on any atom is -0.484 e. The lowest BCUT2D eigenvalue weighted by Gasteiger charge is -2.06. The molecule has 2 aromatic carbocycles. The van der Waals surface area contributed by atoms with E-state index in [1.54, 1.807) is 35.8 Å². The molecule has 2 heterocycles. The summed E-state index contributed by atoms with van der Waals surface area (Å²) in [6.07, 6.45) is 0.150. The molecule has 1 aromatic heterocycles. The van der Waals surface area contributed by atoms with E-state index in [9.17, 15) is 9.59 Å². The van der Waals surface area contributed by atoms with Crippen LogP contribution in [0.3, 0.4) is 0 Å². The van der Waals surface area contributed by atoms with Crippen LogP contribution in [0.1, 0.15) is 13.3 Å². The normalized spacial score (nSPS) is 12.9. The van der Waals surface area contributed by atoms with Crippen LogP contribution >= 0.6 is 22.9 Å². The van der Waals surface area contributed by atoms with Gasteiger partial charge >= 0.3 is 5.97 Å². The number of ether oxygens (including phenoxy) is 4. The third-order valence-electron chi connectivity index (χ3n) is 4.42. The van der Waals surface area contributed by atoms with Gasteiger partial charge in [0, 0.05) is 23.7 Å². The summed E-state index contributed by atoms with van der Waals surface area (Å²) in [7, 11) is 0. The standard InChI is InChI=1S/C21H19ClN2O6S/c1-2-27-20(26)7-8-24-15-9-16-17(30-12-29-16)10-18(15)31-21(24)23-19(25)11-28-14-5-3-13(22)4-6-14/h3-6,9-10H,2,7-8,11-12H2,1H3. The summed E-state index contributed by atoms with van der Waals surface area (Å²) in [6, 6.07) is 10.4. The molecule has 0 saturated heterocycles. The topological polar surface area (TPSA) is 88.4 Å². The molecule has 3 aromatic rings. The molecule has 31 heavy (non-hydrogen) atoms. The molecule has 8 nitrogen and oxygen atoms in total. The van der Waals surface area contributed by atoms with E-state index >= 15 is 0 Å². The van der Waals surface area contributed by atoms with Gasteiger partial charge in [-0.05, 0) is 31.2 Å². The molecule has 0 spiro atoms. The number of hydrogen-bond donors (Lipinski definition) is 0. The summed E-state index contributed by atoms with van der Waals surface area (Å²) in [5.74, 6) is 0.990. The van der Waals surface area contributed by atoms with E-state index in [-0.39, 0.29) is 25.8 Å². The van der Waals surface area contributed by atoms with Crippen molar-refractivity contribution in [2.75, 3.05) is 20.0 Å². The zero-order chi connectivity index (χ0) is 21.8. The van der Waals surface area contributed by atoms with E-state index in [4.69, 9.17) is 30.5 Å². The van der Waals surface area contributed by atoms with Gasteiger partial charge in [-0.3, -0.25) is 9.59 Å². The summed E-state index contributed by atoms with van der Waals surface area (Å²) < 4.78 is 24.1. The predicted octanol–water partition coefficient (Wildman–Crippen LogP) is 3.54. The number of nitrogens with zero attached hydrogens (tertiary/aromatic N) is 2. The van der Waals surface area contributed by atoms with Crippen LogP contribution in [0.5, 0.6) is 17.2 Å². The van der Waals surface area contributed by atoms with Gasteiger partial charge in [0.25, 0.3) is 5.91 Å². The Labute approximate surface area is 186 Å². The van der Waals surface area contributed by atoms with E-state index in [2.05, 4.69) is 4.99 Å². The average Bonchev–Trinajstić information content (AvgIpc) is 3.33. The number of carbonyl (C=O) groups excluding carboxylic acids is 2. The maximum Gasteiger partial charge on any atom is 0.307 e. The SMILES string of the molecule is CCOC(=O)CCn1c(=NC(=O)COc2ccc(Cl)cc2)sc2cc3c(cc21)OCO3. The van der Waals surface area contributed by atoms with Crippen LogP contribution in [0.2, 0.25) is 5.02 Å². The molecule has 4 rings (SSSR count). The third kappa shape index (κ3) is 5.00. The minimum atomic E-state index is -0.452. The van der Waals surface area contributed by atoms with Gasteiger partial charge in [-0.1, -0.05) is 22.9 Å². The number of aryl methyl sites for hydroxylation is 1. The highest BCUT2D eigenvalue weighted by atomic mass is 35.5. The van der Waals surface area contributed by atoms with Crippen molar-refractivity contribution in [1.29, 1.82) is 0 Å². The molecule has 0 radical (unpaired) electrons. The molecule has 1 aliphatic heterocycles. The summed E-state index contributed by atoms with van der Waals surface area (Å²) in [6.45, 7) is 2.31. The van der Waals surface area contributed by atoms with Crippen LogP contribution in [0, 0.1) is 0 Å². The first-order valence-corrected chi connectivity index (χ1v) is 10.8. The Morgan fingerprint density at radius 3 is 2.68 bits per heavy atom. The quantitative estimate of drug-likeness (QED) is 0.499. The monoisotopic (exact) mass is 462 g/mol. The van der Waals surface area contributed by atoms with E-state index in [0.29, 0.717) is 40.2 Å². The second kappa shape index (κ2) is 9.40. The Kier molecular flexibility index (Phi) is 6.43. The van der Waals surface area contributed by atoms with Gasteiger partial charge in [-0.2, -0.15) is 4.99 Å². The van der Waals surface area contributed by atoms with Gasteiger partial charge < -0.3 is 23.5 Å². The van der Waals surface area contributed by atoms with Crippen LogP contribution in [-0.2, 0) is 20.9 Å². The molecule has 0 N–H and O–H groups in total. The highest BCUT2D eigenvalue weighted by Crippen LogP contribution is 2.37. The lowest BCUT2D eigenvalue weighted by Crippen LogP contribution is -2.21. The Morgan fingerprint density at radius 1 is 1.19 bits per heavy atom. The molecule has 162 valence electrons. The lowest BCUT2D eigenvalue weighted by atomic mass is 10.3. The van der Waals surface area contributed by atoms with Gasteiger partial charge in [-0.25, -0.2) is 0 Å². The fraction of sp³-hybridized carbons (Fsp3) is 0.286. The summed E-state index contributed by atoms with van der Waals surface area (Å²) in [4.78, 5) is 29.0. The van der Waals surface area contributed by atoms with E-state index in [1.165, 1.54) is 11.3 Å². The first-order valence-electron chi connectivity index (χ1n) is 9.58. The average molecular weight is 463 g/mol. The maximum absolute atomic E-state index is 12.5. The number of halogens is 1. The number of aromatic nitrogens is 1. The van der Waals surface area contributed by atoms with Gasteiger partial charge in [0.1, 0.15) is 5.75 Å². The Hall–Kier alpha value is -3.04. The Bertz CT molecular complexity index is 1190.